The van der Waals surface area contributed by atoms with Crippen LogP contribution in [0.1, 0.15) is 39.8 Å². The Morgan fingerprint density at radius 3 is 2.65 bits per heavy atom. The van der Waals surface area contributed by atoms with Crippen molar-refractivity contribution in [2.75, 3.05) is 19.6 Å². The zero-order valence-corrected chi connectivity index (χ0v) is 13.0. The van der Waals surface area contributed by atoms with Crippen molar-refractivity contribution in [3.8, 4) is 0 Å². The highest BCUT2D eigenvalue weighted by Gasteiger charge is 2.27. The minimum atomic E-state index is -0.499. The van der Waals surface area contributed by atoms with Crippen molar-refractivity contribution in [2.45, 2.75) is 19.8 Å². The molecular weight excluding hydrogens is 298 g/mol. The van der Waals surface area contributed by atoms with Gasteiger partial charge in [-0.05, 0) is 37.4 Å². The van der Waals surface area contributed by atoms with E-state index in [0.29, 0.717) is 17.0 Å². The van der Waals surface area contributed by atoms with E-state index >= 15 is 0 Å². The summed E-state index contributed by atoms with van der Waals surface area (Å²) in [4.78, 5) is 23.5. The molecule has 7 heteroatoms. The van der Waals surface area contributed by atoms with Gasteiger partial charge in [0.1, 0.15) is 0 Å². The van der Waals surface area contributed by atoms with E-state index in [1.807, 2.05) is 0 Å². The number of amides is 2. The minimum Gasteiger partial charge on any atom is -0.366 e. The van der Waals surface area contributed by atoms with Crippen molar-refractivity contribution >= 4 is 35.6 Å². The third kappa shape index (κ3) is 4.19. The van der Waals surface area contributed by atoms with Crippen LogP contribution in [0.15, 0.2) is 11.4 Å². The van der Waals surface area contributed by atoms with Gasteiger partial charge in [-0.1, -0.05) is 6.92 Å². The van der Waals surface area contributed by atoms with Gasteiger partial charge in [0, 0.05) is 11.9 Å². The van der Waals surface area contributed by atoms with Crippen molar-refractivity contribution in [1.82, 2.24) is 10.6 Å². The number of carbonyl (C=O) groups excluding carboxylic acids is 2. The average molecular weight is 318 g/mol. The van der Waals surface area contributed by atoms with Gasteiger partial charge >= 0.3 is 0 Å². The van der Waals surface area contributed by atoms with Gasteiger partial charge in [0.2, 0.25) is 5.91 Å². The van der Waals surface area contributed by atoms with E-state index in [1.165, 1.54) is 11.3 Å². The van der Waals surface area contributed by atoms with Gasteiger partial charge in [-0.25, -0.2) is 0 Å². The molecule has 0 bridgehead atoms. The highest BCUT2D eigenvalue weighted by molar-refractivity contribution is 7.12. The van der Waals surface area contributed by atoms with Crippen LogP contribution in [0.5, 0.6) is 0 Å². The van der Waals surface area contributed by atoms with Crippen LogP contribution in [-0.4, -0.2) is 31.4 Å². The predicted molar refractivity (Wildman–Crippen MR) is 82.6 cm³/mol. The zero-order chi connectivity index (χ0) is 13.9. The molecule has 0 aromatic carbocycles. The third-order valence-corrected chi connectivity index (χ3v) is 4.52. The van der Waals surface area contributed by atoms with Crippen LogP contribution in [0.25, 0.3) is 0 Å². The van der Waals surface area contributed by atoms with Gasteiger partial charge in [-0.3, -0.25) is 9.59 Å². The monoisotopic (exact) mass is 317 g/mol. The molecule has 1 aromatic rings. The van der Waals surface area contributed by atoms with E-state index in [2.05, 4.69) is 17.6 Å². The van der Waals surface area contributed by atoms with Gasteiger partial charge in [0.05, 0.1) is 10.4 Å². The van der Waals surface area contributed by atoms with Crippen LogP contribution in [-0.2, 0) is 0 Å². The largest absolute Gasteiger partial charge is 0.366 e. The smallest absolute Gasteiger partial charge is 0.261 e. The second kappa shape index (κ2) is 7.06. The Kier molecular flexibility index (Phi) is 5.98. The molecule has 4 N–H and O–H groups in total. The molecule has 0 spiro atoms. The summed E-state index contributed by atoms with van der Waals surface area (Å²) >= 11 is 1.25. The fraction of sp³-hybridized carbons (Fsp3) is 0.538. The summed E-state index contributed by atoms with van der Waals surface area (Å²) in [5.74, 6) is -0.627. The lowest BCUT2D eigenvalue weighted by Gasteiger charge is -2.34. The van der Waals surface area contributed by atoms with Crippen LogP contribution < -0.4 is 16.4 Å². The van der Waals surface area contributed by atoms with E-state index in [0.717, 1.165) is 25.9 Å². The van der Waals surface area contributed by atoms with Gasteiger partial charge in [-0.2, -0.15) is 0 Å². The molecule has 5 nitrogen and oxygen atoms in total. The molecule has 1 saturated heterocycles. The summed E-state index contributed by atoms with van der Waals surface area (Å²) in [6.07, 6.45) is 2.12. The lowest BCUT2D eigenvalue weighted by atomic mass is 9.81. The number of carbonyl (C=O) groups is 2. The topological polar surface area (TPSA) is 84.2 Å². The average Bonchev–Trinajstić information content (AvgIpc) is 2.87. The van der Waals surface area contributed by atoms with Gasteiger partial charge in [0.15, 0.2) is 0 Å². The molecule has 20 heavy (non-hydrogen) atoms. The second-order valence-electron chi connectivity index (χ2n) is 5.31. The molecule has 1 fully saturated rings. The van der Waals surface area contributed by atoms with Crippen LogP contribution in [0.2, 0.25) is 0 Å². The first-order chi connectivity index (χ1) is 9.00. The Morgan fingerprint density at radius 2 is 2.10 bits per heavy atom. The number of thiophene rings is 1. The van der Waals surface area contributed by atoms with Crippen molar-refractivity contribution in [3.63, 3.8) is 0 Å². The number of hydrogen-bond donors (Lipinski definition) is 3. The summed E-state index contributed by atoms with van der Waals surface area (Å²) < 4.78 is 0. The van der Waals surface area contributed by atoms with E-state index < -0.39 is 5.91 Å². The molecule has 2 heterocycles. The number of halogens is 1. The Balaban J connectivity index is 0.00000200. The third-order valence-electron chi connectivity index (χ3n) is 3.59. The molecule has 0 atom stereocenters. The Labute approximate surface area is 128 Å². The molecule has 0 saturated carbocycles. The molecule has 1 aromatic heterocycles. The Bertz CT molecular complexity index is 484. The van der Waals surface area contributed by atoms with E-state index in [-0.39, 0.29) is 23.7 Å². The number of piperidine rings is 1. The molecule has 1 aliphatic rings. The summed E-state index contributed by atoms with van der Waals surface area (Å²) in [5, 5.41) is 7.88. The predicted octanol–water partition coefficient (Wildman–Crippen LogP) is 1.39. The molecule has 1 aliphatic heterocycles. The quantitative estimate of drug-likeness (QED) is 0.784. The second-order valence-corrected chi connectivity index (χ2v) is 6.22. The first-order valence-corrected chi connectivity index (χ1v) is 7.25. The van der Waals surface area contributed by atoms with Crippen molar-refractivity contribution in [3.05, 3.63) is 21.9 Å². The SMILES string of the molecule is CC1(CNC(=O)c2cc(C(N)=O)cs2)CCNCC1.Cl. The summed E-state index contributed by atoms with van der Waals surface area (Å²) in [5.41, 5.74) is 5.72. The Morgan fingerprint density at radius 1 is 1.45 bits per heavy atom. The fourth-order valence-corrected chi connectivity index (χ4v) is 2.98. The molecule has 2 amide bonds. The highest BCUT2D eigenvalue weighted by Crippen LogP contribution is 2.27. The van der Waals surface area contributed by atoms with Gasteiger partial charge in [0.25, 0.3) is 5.91 Å². The van der Waals surface area contributed by atoms with E-state index in [1.54, 1.807) is 11.4 Å². The standard InChI is InChI=1S/C13H19N3O2S.ClH/c1-13(2-4-15-5-3-13)8-16-12(18)10-6-9(7-19-10)11(14)17;/h6-7,15H,2-5,8H2,1H3,(H2,14,17)(H,16,18);1H. The number of rotatable bonds is 4. The summed E-state index contributed by atoms with van der Waals surface area (Å²) in [6, 6.07) is 1.55. The number of nitrogens with two attached hydrogens (primary N) is 1. The van der Waals surface area contributed by atoms with Crippen molar-refractivity contribution < 1.29 is 9.59 Å². The zero-order valence-electron chi connectivity index (χ0n) is 11.4. The lowest BCUT2D eigenvalue weighted by molar-refractivity contribution is 0.0926. The molecule has 2 rings (SSSR count). The van der Waals surface area contributed by atoms with Gasteiger partial charge in [-0.15, -0.1) is 23.7 Å². The molecule has 0 radical (unpaired) electrons. The molecular formula is C13H20ClN3O2S. The Hall–Kier alpha value is -1.11. The van der Waals surface area contributed by atoms with Crippen molar-refractivity contribution in [2.24, 2.45) is 11.1 Å². The maximum Gasteiger partial charge on any atom is 0.261 e. The van der Waals surface area contributed by atoms with Crippen molar-refractivity contribution in [1.29, 1.82) is 0 Å². The minimum absolute atomic E-state index is 0. The van der Waals surface area contributed by atoms with Crippen LogP contribution >= 0.6 is 23.7 Å². The number of nitrogens with one attached hydrogen (secondary N) is 2. The van der Waals surface area contributed by atoms with E-state index in [9.17, 15) is 9.59 Å². The maximum absolute atomic E-state index is 12.0. The summed E-state index contributed by atoms with van der Waals surface area (Å²) in [7, 11) is 0. The maximum atomic E-state index is 12.0. The van der Waals surface area contributed by atoms with E-state index in [4.69, 9.17) is 5.73 Å². The highest BCUT2D eigenvalue weighted by atomic mass is 35.5. The lowest BCUT2D eigenvalue weighted by Crippen LogP contribution is -2.42. The molecule has 0 aliphatic carbocycles. The van der Waals surface area contributed by atoms with Crippen LogP contribution in [0.3, 0.4) is 0 Å². The number of hydrogen-bond acceptors (Lipinski definition) is 4. The molecule has 112 valence electrons. The molecule has 0 unspecified atom stereocenters. The summed E-state index contributed by atoms with van der Waals surface area (Å²) in [6.45, 7) is 4.85. The normalized spacial score (nSPS) is 17.1. The number of primary amides is 1. The first-order valence-electron chi connectivity index (χ1n) is 6.37. The fourth-order valence-electron chi connectivity index (χ4n) is 2.17. The van der Waals surface area contributed by atoms with Gasteiger partial charge < -0.3 is 16.4 Å². The first kappa shape index (κ1) is 16.9. The van der Waals surface area contributed by atoms with Crippen LogP contribution in [0.4, 0.5) is 0 Å². The van der Waals surface area contributed by atoms with Crippen LogP contribution in [0, 0.1) is 5.41 Å².